The summed E-state index contributed by atoms with van der Waals surface area (Å²) in [4.78, 5) is 2.18. The molecule has 13 heavy (non-hydrogen) atoms. The molecule has 1 saturated carbocycles. The average molecular weight is 205 g/mol. The van der Waals surface area contributed by atoms with Gasteiger partial charge in [0.25, 0.3) is 0 Å². The van der Waals surface area contributed by atoms with Crippen molar-refractivity contribution in [1.29, 1.82) is 0 Å². The van der Waals surface area contributed by atoms with Gasteiger partial charge in [-0.15, -0.1) is 0 Å². The van der Waals surface area contributed by atoms with E-state index in [4.69, 9.17) is 5.53 Å². The van der Waals surface area contributed by atoms with Gasteiger partial charge in [0.1, 0.15) is 0 Å². The summed E-state index contributed by atoms with van der Waals surface area (Å²) < 4.78 is 29.0. The van der Waals surface area contributed by atoms with Gasteiger partial charge in [-0.3, -0.25) is 4.18 Å². The Labute approximate surface area is 76.8 Å². The van der Waals surface area contributed by atoms with Gasteiger partial charge in [-0.25, -0.2) is 0 Å². The van der Waals surface area contributed by atoms with Crippen LogP contribution in [0.15, 0.2) is 4.52 Å². The average Bonchev–Trinajstić information content (AvgIpc) is 2.04. The summed E-state index contributed by atoms with van der Waals surface area (Å²) in [6.07, 6.45) is 4.19. The van der Waals surface area contributed by atoms with Gasteiger partial charge >= 0.3 is 10.3 Å². The second-order valence-corrected chi connectivity index (χ2v) is 4.17. The van der Waals surface area contributed by atoms with E-state index >= 15 is 0 Å². The number of nitrogens with zero attached hydrogens (tertiary/aromatic N) is 3. The SMILES string of the molecule is [N-]=[N+]=NS(=O)(=O)OC1CCCCC1. The Kier molecular flexibility index (Phi) is 3.53. The Morgan fingerprint density at radius 1 is 1.31 bits per heavy atom. The van der Waals surface area contributed by atoms with Crippen LogP contribution in [0.3, 0.4) is 0 Å². The Morgan fingerprint density at radius 3 is 2.46 bits per heavy atom. The van der Waals surface area contributed by atoms with Crippen LogP contribution in [0.1, 0.15) is 32.1 Å². The predicted octanol–water partition coefficient (Wildman–Crippen LogP) is 1.89. The molecule has 0 amide bonds. The maximum atomic E-state index is 10.9. The molecule has 0 N–H and O–H groups in total. The Bertz CT molecular complexity index is 301. The van der Waals surface area contributed by atoms with E-state index < -0.39 is 10.3 Å². The van der Waals surface area contributed by atoms with Crippen molar-refractivity contribution in [3.63, 3.8) is 0 Å². The van der Waals surface area contributed by atoms with Crippen molar-refractivity contribution in [2.75, 3.05) is 0 Å². The molecule has 0 heterocycles. The zero-order valence-corrected chi connectivity index (χ0v) is 7.90. The van der Waals surface area contributed by atoms with Gasteiger partial charge in [0, 0.05) is 4.91 Å². The minimum atomic E-state index is -4.02. The summed E-state index contributed by atoms with van der Waals surface area (Å²) in [5.41, 5.74) is 7.93. The van der Waals surface area contributed by atoms with Gasteiger partial charge in [-0.2, -0.15) is 8.42 Å². The molecule has 0 spiro atoms. The Balaban J connectivity index is 2.51. The van der Waals surface area contributed by atoms with Crippen LogP contribution >= 0.6 is 0 Å². The molecular weight excluding hydrogens is 194 g/mol. The van der Waals surface area contributed by atoms with Crippen molar-refractivity contribution in [3.8, 4) is 0 Å². The highest BCUT2D eigenvalue weighted by atomic mass is 32.2. The van der Waals surface area contributed by atoms with Crippen molar-refractivity contribution in [2.45, 2.75) is 38.2 Å². The number of hydrogen-bond donors (Lipinski definition) is 0. The molecule has 0 atom stereocenters. The summed E-state index contributed by atoms with van der Waals surface area (Å²) >= 11 is 0. The van der Waals surface area contributed by atoms with Crippen LogP contribution in [-0.4, -0.2) is 14.5 Å². The second kappa shape index (κ2) is 4.45. The van der Waals surface area contributed by atoms with Crippen molar-refractivity contribution in [2.24, 2.45) is 4.52 Å². The molecular formula is C6H11N3O3S. The first-order valence-electron chi connectivity index (χ1n) is 4.13. The minimum absolute atomic E-state index is 0.302. The lowest BCUT2D eigenvalue weighted by atomic mass is 9.98. The summed E-state index contributed by atoms with van der Waals surface area (Å²) in [5.74, 6) is 0. The minimum Gasteiger partial charge on any atom is -0.261 e. The molecule has 1 aliphatic carbocycles. The summed E-state index contributed by atoms with van der Waals surface area (Å²) in [7, 11) is -4.02. The third-order valence-corrected chi connectivity index (χ3v) is 2.73. The highest BCUT2D eigenvalue weighted by molar-refractivity contribution is 7.85. The normalized spacial score (nSPS) is 19.4. The largest absolute Gasteiger partial charge is 0.358 e. The highest BCUT2D eigenvalue weighted by Crippen LogP contribution is 2.22. The molecule has 0 saturated heterocycles. The van der Waals surface area contributed by atoms with Crippen LogP contribution in [-0.2, 0) is 14.5 Å². The van der Waals surface area contributed by atoms with E-state index in [2.05, 4.69) is 13.6 Å². The van der Waals surface area contributed by atoms with E-state index in [1.165, 1.54) is 0 Å². The monoisotopic (exact) mass is 205 g/mol. The topological polar surface area (TPSA) is 92.1 Å². The molecule has 0 bridgehead atoms. The summed E-state index contributed by atoms with van der Waals surface area (Å²) in [5, 5.41) is 0. The number of azide groups is 1. The van der Waals surface area contributed by atoms with Gasteiger partial charge in [0.05, 0.1) is 10.6 Å². The standard InChI is InChI=1S/C6H11N3O3S/c7-8-9-13(10,11)12-6-4-2-1-3-5-6/h6H,1-5H2. The lowest BCUT2D eigenvalue weighted by molar-refractivity contribution is 0.162. The van der Waals surface area contributed by atoms with Crippen LogP contribution in [0.25, 0.3) is 10.4 Å². The fraction of sp³-hybridized carbons (Fsp3) is 1.00. The first-order valence-corrected chi connectivity index (χ1v) is 5.50. The van der Waals surface area contributed by atoms with E-state index in [1.54, 1.807) is 0 Å². The first kappa shape index (κ1) is 10.3. The van der Waals surface area contributed by atoms with E-state index in [0.717, 1.165) is 32.1 Å². The third-order valence-electron chi connectivity index (χ3n) is 1.95. The van der Waals surface area contributed by atoms with Crippen LogP contribution in [0.4, 0.5) is 0 Å². The molecule has 0 aromatic carbocycles. The molecule has 0 radical (unpaired) electrons. The zero-order valence-electron chi connectivity index (χ0n) is 7.09. The van der Waals surface area contributed by atoms with Crippen molar-refractivity contribution in [1.82, 2.24) is 0 Å². The van der Waals surface area contributed by atoms with Gasteiger partial charge in [-0.05, 0) is 18.4 Å². The molecule has 6 nitrogen and oxygen atoms in total. The van der Waals surface area contributed by atoms with Crippen molar-refractivity contribution < 1.29 is 12.6 Å². The van der Waals surface area contributed by atoms with Crippen molar-refractivity contribution >= 4 is 10.3 Å². The smallest absolute Gasteiger partial charge is 0.261 e. The zero-order chi connectivity index (χ0) is 9.73. The van der Waals surface area contributed by atoms with Crippen LogP contribution in [0.5, 0.6) is 0 Å². The van der Waals surface area contributed by atoms with Gasteiger partial charge < -0.3 is 0 Å². The first-order chi connectivity index (χ1) is 6.14. The third kappa shape index (κ3) is 3.63. The molecule has 1 fully saturated rings. The van der Waals surface area contributed by atoms with Gasteiger partial charge in [0.2, 0.25) is 0 Å². The maximum absolute atomic E-state index is 10.9. The van der Waals surface area contributed by atoms with Crippen LogP contribution in [0.2, 0.25) is 0 Å². The quantitative estimate of drug-likeness (QED) is 0.400. The Morgan fingerprint density at radius 2 is 1.92 bits per heavy atom. The highest BCUT2D eigenvalue weighted by Gasteiger charge is 2.20. The lowest BCUT2D eigenvalue weighted by Crippen LogP contribution is -2.19. The van der Waals surface area contributed by atoms with E-state index in [0.29, 0.717) is 0 Å². The van der Waals surface area contributed by atoms with E-state index in [9.17, 15) is 8.42 Å². The molecule has 0 unspecified atom stereocenters. The van der Waals surface area contributed by atoms with Crippen molar-refractivity contribution in [3.05, 3.63) is 10.4 Å². The Hall–Kier alpha value is -0.780. The number of hydrogen-bond acceptors (Lipinski definition) is 3. The molecule has 0 aromatic rings. The van der Waals surface area contributed by atoms with Crippen LogP contribution in [0, 0.1) is 0 Å². The van der Waals surface area contributed by atoms with Crippen LogP contribution < -0.4 is 0 Å². The molecule has 0 aliphatic heterocycles. The molecule has 1 rings (SSSR count). The maximum Gasteiger partial charge on any atom is 0.358 e. The summed E-state index contributed by atoms with van der Waals surface area (Å²) in [6.45, 7) is 0. The fourth-order valence-electron chi connectivity index (χ4n) is 1.40. The van der Waals surface area contributed by atoms with Gasteiger partial charge in [-0.1, -0.05) is 19.3 Å². The fourth-order valence-corrected chi connectivity index (χ4v) is 2.06. The lowest BCUT2D eigenvalue weighted by Gasteiger charge is -2.19. The van der Waals surface area contributed by atoms with Gasteiger partial charge in [0.15, 0.2) is 0 Å². The number of rotatable bonds is 3. The molecule has 0 aromatic heterocycles. The second-order valence-electron chi connectivity index (χ2n) is 2.96. The molecule has 7 heteroatoms. The van der Waals surface area contributed by atoms with E-state index in [1.807, 2.05) is 0 Å². The summed E-state index contributed by atoms with van der Waals surface area (Å²) in [6, 6.07) is 0. The molecule has 74 valence electrons. The van der Waals surface area contributed by atoms with E-state index in [-0.39, 0.29) is 6.10 Å². The predicted molar refractivity (Wildman–Crippen MR) is 46.0 cm³/mol. The molecule has 1 aliphatic rings.